The van der Waals surface area contributed by atoms with Crippen LogP contribution in [-0.2, 0) is 19.1 Å². The lowest BCUT2D eigenvalue weighted by Crippen LogP contribution is -2.47. The van der Waals surface area contributed by atoms with Crippen LogP contribution in [0.15, 0.2) is 40.8 Å². The molecule has 0 radical (unpaired) electrons. The van der Waals surface area contributed by atoms with E-state index in [4.69, 9.17) is 13.9 Å². The van der Waals surface area contributed by atoms with Crippen molar-refractivity contribution in [3.05, 3.63) is 47.7 Å². The van der Waals surface area contributed by atoms with Gasteiger partial charge in [-0.05, 0) is 37.1 Å². The Bertz CT molecular complexity index is 1150. The van der Waals surface area contributed by atoms with Gasteiger partial charge in [-0.1, -0.05) is 45.2 Å². The number of hydroxylamine groups is 2. The summed E-state index contributed by atoms with van der Waals surface area (Å²) in [6.45, 7) is 7.69. The molecule has 2 aromatic rings. The smallest absolute Gasteiger partial charge is 0.338 e. The number of amides is 3. The van der Waals surface area contributed by atoms with Crippen molar-refractivity contribution >= 4 is 24.2 Å². The fourth-order valence-electron chi connectivity index (χ4n) is 4.84. The van der Waals surface area contributed by atoms with Crippen LogP contribution in [0, 0.1) is 5.92 Å². The fourth-order valence-corrected chi connectivity index (χ4v) is 4.84. The highest BCUT2D eigenvalue weighted by molar-refractivity contribution is 5.92. The SMILES string of the molecule is CCCCCC(C(=O)NCNC(=O)c1ccc(-c2ccc(C(=O)OCCN3CCOCC3)cc2)o1)C(CC)N(O)C=O. The highest BCUT2D eigenvalue weighted by atomic mass is 16.5. The summed E-state index contributed by atoms with van der Waals surface area (Å²) in [7, 11) is 0. The lowest BCUT2D eigenvalue weighted by atomic mass is 9.90. The van der Waals surface area contributed by atoms with Crippen molar-refractivity contribution in [2.75, 3.05) is 46.1 Å². The molecular formula is C30H42N4O8. The molecule has 3 N–H and O–H groups in total. The number of furan rings is 1. The van der Waals surface area contributed by atoms with Gasteiger partial charge >= 0.3 is 5.97 Å². The largest absolute Gasteiger partial charge is 0.461 e. The summed E-state index contributed by atoms with van der Waals surface area (Å²) in [6.07, 6.45) is 3.87. The molecule has 1 saturated heterocycles. The summed E-state index contributed by atoms with van der Waals surface area (Å²) in [6, 6.07) is 9.22. The first-order valence-corrected chi connectivity index (χ1v) is 14.5. The number of rotatable bonds is 17. The van der Waals surface area contributed by atoms with Crippen molar-refractivity contribution < 1.29 is 38.3 Å². The van der Waals surface area contributed by atoms with E-state index < -0.39 is 23.8 Å². The average Bonchev–Trinajstić information content (AvgIpc) is 3.51. The fraction of sp³-hybridized carbons (Fsp3) is 0.533. The first-order valence-electron chi connectivity index (χ1n) is 14.5. The number of benzene rings is 1. The van der Waals surface area contributed by atoms with Crippen molar-refractivity contribution in [1.29, 1.82) is 0 Å². The van der Waals surface area contributed by atoms with Crippen LogP contribution in [0.5, 0.6) is 0 Å². The topological polar surface area (TPSA) is 151 Å². The third-order valence-electron chi connectivity index (χ3n) is 7.28. The Balaban J connectivity index is 1.49. The number of carbonyl (C=O) groups excluding carboxylic acids is 4. The number of nitrogens with zero attached hydrogens (tertiary/aromatic N) is 2. The molecule has 1 aliphatic rings. The molecule has 0 bridgehead atoms. The van der Waals surface area contributed by atoms with Crippen LogP contribution in [0.25, 0.3) is 11.3 Å². The van der Waals surface area contributed by atoms with Gasteiger partial charge in [-0.25, -0.2) is 9.86 Å². The molecule has 0 aliphatic carbocycles. The Labute approximate surface area is 246 Å². The van der Waals surface area contributed by atoms with Crippen LogP contribution in [0.1, 0.15) is 66.9 Å². The van der Waals surface area contributed by atoms with Crippen LogP contribution < -0.4 is 10.6 Å². The number of nitrogens with one attached hydrogen (secondary N) is 2. The molecule has 1 fully saturated rings. The summed E-state index contributed by atoms with van der Waals surface area (Å²) in [5.41, 5.74) is 1.09. The van der Waals surface area contributed by atoms with Crippen LogP contribution in [-0.4, -0.2) is 91.5 Å². The molecule has 3 amide bonds. The minimum Gasteiger partial charge on any atom is -0.461 e. The third-order valence-corrected chi connectivity index (χ3v) is 7.28. The second-order valence-corrected chi connectivity index (χ2v) is 10.1. The van der Waals surface area contributed by atoms with Gasteiger partial charge in [-0.2, -0.15) is 0 Å². The van der Waals surface area contributed by atoms with Gasteiger partial charge in [0.05, 0.1) is 37.4 Å². The number of ether oxygens (including phenoxy) is 2. The number of hydrogen-bond acceptors (Lipinski definition) is 9. The van der Waals surface area contributed by atoms with Crippen molar-refractivity contribution in [2.45, 2.75) is 52.0 Å². The van der Waals surface area contributed by atoms with Crippen LogP contribution in [0.2, 0.25) is 0 Å². The number of esters is 1. The minimum absolute atomic E-state index is 0.0549. The molecule has 12 heteroatoms. The second kappa shape index (κ2) is 17.3. The Hall–Kier alpha value is -3.74. The molecule has 12 nitrogen and oxygen atoms in total. The number of unbranched alkanes of at least 4 members (excludes halogenated alkanes) is 2. The zero-order valence-electron chi connectivity index (χ0n) is 24.4. The minimum atomic E-state index is -0.661. The molecule has 2 atom stereocenters. The molecule has 0 saturated carbocycles. The van der Waals surface area contributed by atoms with E-state index in [-0.39, 0.29) is 18.3 Å². The maximum atomic E-state index is 12.9. The molecule has 2 heterocycles. The molecule has 1 aliphatic heterocycles. The predicted octanol–water partition coefficient (Wildman–Crippen LogP) is 3.06. The van der Waals surface area contributed by atoms with Gasteiger partial charge in [0.25, 0.3) is 5.91 Å². The Morgan fingerprint density at radius 2 is 1.81 bits per heavy atom. The standard InChI is InChI=1S/C30H42N4O8/c1-3-5-6-7-24(25(4-2)34(39)21-35)28(36)31-20-32-29(37)27-13-12-26(42-27)22-8-10-23(11-9-22)30(38)41-19-16-33-14-17-40-18-15-33/h8-13,21,24-25,39H,3-7,14-20H2,1-2H3,(H,31,36)(H,32,37). The summed E-state index contributed by atoms with van der Waals surface area (Å²) in [4.78, 5) is 51.2. The van der Waals surface area contributed by atoms with Crippen LogP contribution >= 0.6 is 0 Å². The Morgan fingerprint density at radius 3 is 2.48 bits per heavy atom. The summed E-state index contributed by atoms with van der Waals surface area (Å²) < 4.78 is 16.4. The summed E-state index contributed by atoms with van der Waals surface area (Å²) in [5, 5.41) is 15.8. The first-order chi connectivity index (χ1) is 20.4. The summed E-state index contributed by atoms with van der Waals surface area (Å²) in [5.74, 6) is -1.41. The summed E-state index contributed by atoms with van der Waals surface area (Å²) >= 11 is 0. The highest BCUT2D eigenvalue weighted by Crippen LogP contribution is 2.23. The molecular weight excluding hydrogens is 544 g/mol. The monoisotopic (exact) mass is 586 g/mol. The van der Waals surface area contributed by atoms with E-state index >= 15 is 0 Å². The van der Waals surface area contributed by atoms with Gasteiger partial charge in [0.1, 0.15) is 12.4 Å². The molecule has 1 aromatic heterocycles. The van der Waals surface area contributed by atoms with Crippen molar-refractivity contribution in [2.24, 2.45) is 5.92 Å². The lowest BCUT2D eigenvalue weighted by Gasteiger charge is -2.29. The zero-order valence-corrected chi connectivity index (χ0v) is 24.4. The van der Waals surface area contributed by atoms with Crippen molar-refractivity contribution in [1.82, 2.24) is 20.6 Å². The van der Waals surface area contributed by atoms with Gasteiger partial charge in [-0.15, -0.1) is 0 Å². The number of morpholine rings is 1. The van der Waals surface area contributed by atoms with Gasteiger partial charge in [0, 0.05) is 25.2 Å². The van der Waals surface area contributed by atoms with Crippen LogP contribution in [0.4, 0.5) is 0 Å². The maximum Gasteiger partial charge on any atom is 0.338 e. The second-order valence-electron chi connectivity index (χ2n) is 10.1. The zero-order chi connectivity index (χ0) is 30.3. The van der Waals surface area contributed by atoms with E-state index in [1.54, 1.807) is 37.3 Å². The van der Waals surface area contributed by atoms with Gasteiger partial charge in [0.2, 0.25) is 12.3 Å². The Kier molecular flexibility index (Phi) is 13.5. The molecule has 2 unspecified atom stereocenters. The first kappa shape index (κ1) is 32.8. The van der Waals surface area contributed by atoms with Gasteiger partial charge < -0.3 is 24.5 Å². The Morgan fingerprint density at radius 1 is 1.07 bits per heavy atom. The van der Waals surface area contributed by atoms with Gasteiger partial charge in [-0.3, -0.25) is 24.5 Å². The molecule has 0 spiro atoms. The molecule has 230 valence electrons. The van der Waals surface area contributed by atoms with Crippen molar-refractivity contribution in [3.63, 3.8) is 0 Å². The quantitative estimate of drug-likeness (QED) is 0.0634. The highest BCUT2D eigenvalue weighted by Gasteiger charge is 2.30. The van der Waals surface area contributed by atoms with E-state index in [1.165, 1.54) is 6.07 Å². The van der Waals surface area contributed by atoms with E-state index in [0.29, 0.717) is 67.6 Å². The molecule has 42 heavy (non-hydrogen) atoms. The normalized spacial score (nSPS) is 14.9. The van der Waals surface area contributed by atoms with E-state index in [1.807, 2.05) is 6.92 Å². The molecule has 1 aromatic carbocycles. The van der Waals surface area contributed by atoms with E-state index in [0.717, 1.165) is 32.4 Å². The van der Waals surface area contributed by atoms with Crippen molar-refractivity contribution in [3.8, 4) is 11.3 Å². The van der Waals surface area contributed by atoms with Crippen LogP contribution in [0.3, 0.4) is 0 Å². The third kappa shape index (κ3) is 9.68. The molecule has 3 rings (SSSR count). The van der Waals surface area contributed by atoms with E-state index in [9.17, 15) is 24.4 Å². The maximum absolute atomic E-state index is 12.9. The lowest BCUT2D eigenvalue weighted by molar-refractivity contribution is -0.168. The predicted molar refractivity (Wildman–Crippen MR) is 154 cm³/mol. The number of carbonyl (C=O) groups is 4. The number of hydrogen-bond donors (Lipinski definition) is 3. The van der Waals surface area contributed by atoms with Gasteiger partial charge in [0.15, 0.2) is 5.76 Å². The van der Waals surface area contributed by atoms with E-state index in [2.05, 4.69) is 15.5 Å². The average molecular weight is 587 g/mol.